The first kappa shape index (κ1) is 17.8. The summed E-state index contributed by atoms with van der Waals surface area (Å²) >= 11 is 0. The summed E-state index contributed by atoms with van der Waals surface area (Å²) in [5.41, 5.74) is 0. The molecule has 3 rings (SSSR count). The number of hydrogen-bond donors (Lipinski definition) is 1. The Morgan fingerprint density at radius 1 is 1.04 bits per heavy atom. The van der Waals surface area contributed by atoms with Crippen LogP contribution in [0.25, 0.3) is 0 Å². The van der Waals surface area contributed by atoms with Crippen molar-refractivity contribution in [2.75, 3.05) is 19.6 Å². The van der Waals surface area contributed by atoms with Crippen LogP contribution < -0.4 is 4.72 Å². The number of rotatable bonds is 6. The van der Waals surface area contributed by atoms with Crippen molar-refractivity contribution in [1.29, 1.82) is 0 Å². The maximum absolute atomic E-state index is 13.6. The van der Waals surface area contributed by atoms with E-state index in [1.54, 1.807) is 0 Å². The molecule has 0 unspecified atom stereocenters. The topological polar surface area (TPSA) is 83.6 Å². The van der Waals surface area contributed by atoms with Gasteiger partial charge in [0.1, 0.15) is 10.7 Å². The molecule has 134 valence electrons. The molecule has 1 saturated carbocycles. The first-order chi connectivity index (χ1) is 11.3. The van der Waals surface area contributed by atoms with Gasteiger partial charge in [-0.1, -0.05) is 12.1 Å². The van der Waals surface area contributed by atoms with Crippen molar-refractivity contribution in [1.82, 2.24) is 9.03 Å². The maximum Gasteiger partial charge on any atom is 0.243 e. The van der Waals surface area contributed by atoms with Gasteiger partial charge in [-0.05, 0) is 43.7 Å². The van der Waals surface area contributed by atoms with Gasteiger partial charge in [-0.25, -0.2) is 30.3 Å². The van der Waals surface area contributed by atoms with E-state index in [-0.39, 0.29) is 22.6 Å². The Morgan fingerprint density at radius 3 is 2.25 bits per heavy atom. The first-order valence-corrected chi connectivity index (χ1v) is 11.0. The molecule has 1 heterocycles. The van der Waals surface area contributed by atoms with Crippen LogP contribution in [0.5, 0.6) is 0 Å². The second kappa shape index (κ2) is 6.70. The molecule has 0 aromatic heterocycles. The Labute approximate surface area is 142 Å². The van der Waals surface area contributed by atoms with E-state index in [0.717, 1.165) is 18.9 Å². The van der Waals surface area contributed by atoms with Gasteiger partial charge in [-0.15, -0.1) is 0 Å². The standard InChI is InChI=1S/C15H21FN2O4S2/c16-14-3-1-2-4-15(14)23(19,20)17-11-12-7-9-18(10-8-12)24(21,22)13-5-6-13/h1-4,12-13,17H,5-11H2. The maximum atomic E-state index is 13.6. The third kappa shape index (κ3) is 3.79. The van der Waals surface area contributed by atoms with E-state index < -0.39 is 25.9 Å². The van der Waals surface area contributed by atoms with Gasteiger partial charge < -0.3 is 0 Å². The van der Waals surface area contributed by atoms with Gasteiger partial charge in [0.2, 0.25) is 20.0 Å². The van der Waals surface area contributed by atoms with Crippen LogP contribution in [0.4, 0.5) is 4.39 Å². The molecule has 6 nitrogen and oxygen atoms in total. The molecular formula is C15H21FN2O4S2. The summed E-state index contributed by atoms with van der Waals surface area (Å²) in [6, 6.07) is 5.24. The molecule has 0 amide bonds. The van der Waals surface area contributed by atoms with Crippen LogP contribution in [0.15, 0.2) is 29.2 Å². The fourth-order valence-corrected chi connectivity index (χ4v) is 5.98. The summed E-state index contributed by atoms with van der Waals surface area (Å²) in [5, 5.41) is -0.214. The van der Waals surface area contributed by atoms with Crippen LogP contribution in [-0.2, 0) is 20.0 Å². The van der Waals surface area contributed by atoms with Crippen LogP contribution in [0, 0.1) is 11.7 Å². The molecule has 0 atom stereocenters. The number of halogens is 1. The van der Waals surface area contributed by atoms with E-state index >= 15 is 0 Å². The molecule has 1 aliphatic heterocycles. The molecule has 0 bridgehead atoms. The zero-order valence-corrected chi connectivity index (χ0v) is 14.8. The third-order valence-corrected chi connectivity index (χ3v) is 8.42. The number of benzene rings is 1. The second-order valence-electron chi connectivity index (χ2n) is 6.37. The smallest absolute Gasteiger partial charge is 0.212 e. The van der Waals surface area contributed by atoms with Gasteiger partial charge >= 0.3 is 0 Å². The minimum Gasteiger partial charge on any atom is -0.212 e. The molecule has 1 aliphatic carbocycles. The van der Waals surface area contributed by atoms with Crippen molar-refractivity contribution < 1.29 is 21.2 Å². The molecule has 1 N–H and O–H groups in total. The zero-order valence-electron chi connectivity index (χ0n) is 13.2. The van der Waals surface area contributed by atoms with Crippen LogP contribution in [0.3, 0.4) is 0 Å². The monoisotopic (exact) mass is 376 g/mol. The zero-order chi connectivity index (χ0) is 17.4. The van der Waals surface area contributed by atoms with Crippen molar-refractivity contribution >= 4 is 20.0 Å². The van der Waals surface area contributed by atoms with Crippen LogP contribution in [0.2, 0.25) is 0 Å². The molecule has 0 spiro atoms. The lowest BCUT2D eigenvalue weighted by Crippen LogP contribution is -2.42. The van der Waals surface area contributed by atoms with Crippen LogP contribution in [0.1, 0.15) is 25.7 Å². The first-order valence-electron chi connectivity index (χ1n) is 8.04. The molecule has 1 aromatic rings. The lowest BCUT2D eigenvalue weighted by atomic mass is 9.99. The minimum absolute atomic E-state index is 0.0530. The van der Waals surface area contributed by atoms with Gasteiger partial charge in [0.15, 0.2) is 0 Å². The fourth-order valence-electron chi connectivity index (χ4n) is 2.91. The molecule has 1 aromatic carbocycles. The highest BCUT2D eigenvalue weighted by Crippen LogP contribution is 2.33. The van der Waals surface area contributed by atoms with Gasteiger partial charge in [-0.2, -0.15) is 0 Å². The highest BCUT2D eigenvalue weighted by atomic mass is 32.2. The molecular weight excluding hydrogens is 355 g/mol. The SMILES string of the molecule is O=S(=O)(NCC1CCN(S(=O)(=O)C2CC2)CC1)c1ccccc1F. The molecule has 24 heavy (non-hydrogen) atoms. The summed E-state index contributed by atoms with van der Waals surface area (Å²) in [4.78, 5) is -0.362. The Hall–Kier alpha value is -1.03. The number of sulfonamides is 2. The largest absolute Gasteiger partial charge is 0.243 e. The van der Waals surface area contributed by atoms with E-state index in [2.05, 4.69) is 4.72 Å². The van der Waals surface area contributed by atoms with E-state index in [4.69, 9.17) is 0 Å². The van der Waals surface area contributed by atoms with E-state index in [9.17, 15) is 21.2 Å². The Morgan fingerprint density at radius 2 is 1.67 bits per heavy atom. The van der Waals surface area contributed by atoms with E-state index in [1.807, 2.05) is 0 Å². The van der Waals surface area contributed by atoms with Crippen molar-refractivity contribution in [3.8, 4) is 0 Å². The summed E-state index contributed by atoms with van der Waals surface area (Å²) < 4.78 is 66.2. The predicted molar refractivity (Wildman–Crippen MR) is 87.8 cm³/mol. The third-order valence-electron chi connectivity index (χ3n) is 4.57. The lowest BCUT2D eigenvalue weighted by Gasteiger charge is -2.31. The predicted octanol–water partition coefficient (Wildman–Crippen LogP) is 1.31. The normalized spacial score (nSPS) is 21.0. The van der Waals surface area contributed by atoms with Crippen molar-refractivity contribution in [3.63, 3.8) is 0 Å². The van der Waals surface area contributed by atoms with Gasteiger partial charge in [-0.3, -0.25) is 0 Å². The summed E-state index contributed by atoms with van der Waals surface area (Å²) in [6.45, 7) is 1.03. The second-order valence-corrected chi connectivity index (χ2v) is 10.3. The quantitative estimate of drug-likeness (QED) is 0.811. The van der Waals surface area contributed by atoms with Gasteiger partial charge in [0.05, 0.1) is 5.25 Å². The van der Waals surface area contributed by atoms with Gasteiger partial charge in [0.25, 0.3) is 0 Å². The van der Waals surface area contributed by atoms with Crippen molar-refractivity contribution in [3.05, 3.63) is 30.1 Å². The summed E-state index contributed by atoms with van der Waals surface area (Å²) in [5.74, 6) is -0.729. The highest BCUT2D eigenvalue weighted by Gasteiger charge is 2.41. The van der Waals surface area contributed by atoms with E-state index in [0.29, 0.717) is 25.9 Å². The molecule has 2 fully saturated rings. The number of hydrogen-bond acceptors (Lipinski definition) is 4. The lowest BCUT2D eigenvalue weighted by molar-refractivity contribution is 0.274. The molecule has 2 aliphatic rings. The summed E-state index contributed by atoms with van der Waals surface area (Å²) in [7, 11) is -7.05. The number of nitrogens with zero attached hydrogens (tertiary/aromatic N) is 1. The number of nitrogens with one attached hydrogen (secondary N) is 1. The minimum atomic E-state index is -3.89. The molecule has 1 saturated heterocycles. The molecule has 0 radical (unpaired) electrons. The Kier molecular flexibility index (Phi) is 4.96. The highest BCUT2D eigenvalue weighted by molar-refractivity contribution is 7.90. The molecule has 9 heteroatoms. The average Bonchev–Trinajstić information content (AvgIpc) is 3.39. The Bertz CT molecular complexity index is 799. The fraction of sp³-hybridized carbons (Fsp3) is 0.600. The van der Waals surface area contributed by atoms with Crippen LogP contribution in [-0.4, -0.2) is 46.0 Å². The summed E-state index contributed by atoms with van der Waals surface area (Å²) in [6.07, 6.45) is 2.69. The van der Waals surface area contributed by atoms with E-state index in [1.165, 1.54) is 22.5 Å². The van der Waals surface area contributed by atoms with Crippen molar-refractivity contribution in [2.45, 2.75) is 35.8 Å². The average molecular weight is 376 g/mol. The number of piperidine rings is 1. The Balaban J connectivity index is 1.54. The van der Waals surface area contributed by atoms with Crippen molar-refractivity contribution in [2.24, 2.45) is 5.92 Å². The van der Waals surface area contributed by atoms with Gasteiger partial charge in [0, 0.05) is 19.6 Å². The van der Waals surface area contributed by atoms with Crippen LogP contribution >= 0.6 is 0 Å².